The third-order valence-electron chi connectivity index (χ3n) is 3.58. The SMILES string of the molecule is Cc1cc(C)c2cc(C#N)c(SCC(=O)Nc3ncc(C)s3)nc2c1. The smallest absolute Gasteiger partial charge is 0.236 e. The van der Waals surface area contributed by atoms with Crippen LogP contribution < -0.4 is 5.32 Å². The second kappa shape index (κ2) is 7.21. The highest BCUT2D eigenvalue weighted by atomic mass is 32.2. The van der Waals surface area contributed by atoms with Crippen LogP contribution in [0.25, 0.3) is 10.9 Å². The van der Waals surface area contributed by atoms with Crippen LogP contribution in [0.4, 0.5) is 5.13 Å². The number of fused-ring (bicyclic) bond motifs is 1. The zero-order chi connectivity index (χ0) is 18.0. The van der Waals surface area contributed by atoms with Crippen LogP contribution in [-0.2, 0) is 4.79 Å². The van der Waals surface area contributed by atoms with E-state index in [-0.39, 0.29) is 11.7 Å². The number of aromatic nitrogens is 2. The lowest BCUT2D eigenvalue weighted by Gasteiger charge is -2.08. The fourth-order valence-corrected chi connectivity index (χ4v) is 3.95. The molecule has 0 aliphatic heterocycles. The summed E-state index contributed by atoms with van der Waals surface area (Å²) in [6, 6.07) is 8.09. The highest BCUT2D eigenvalue weighted by Crippen LogP contribution is 2.27. The topological polar surface area (TPSA) is 78.7 Å². The highest BCUT2D eigenvalue weighted by Gasteiger charge is 2.12. The zero-order valence-corrected chi connectivity index (χ0v) is 15.7. The van der Waals surface area contributed by atoms with Crippen LogP contribution in [0.2, 0.25) is 0 Å². The molecule has 1 aromatic carbocycles. The molecular formula is C18H16N4OS2. The van der Waals surface area contributed by atoms with E-state index < -0.39 is 0 Å². The summed E-state index contributed by atoms with van der Waals surface area (Å²) in [6.07, 6.45) is 1.72. The van der Waals surface area contributed by atoms with Gasteiger partial charge in [-0.25, -0.2) is 9.97 Å². The first-order valence-corrected chi connectivity index (χ1v) is 9.43. The summed E-state index contributed by atoms with van der Waals surface area (Å²) in [4.78, 5) is 21.8. The van der Waals surface area contributed by atoms with E-state index in [0.717, 1.165) is 26.9 Å². The average molecular weight is 368 g/mol. The summed E-state index contributed by atoms with van der Waals surface area (Å²) in [5.74, 6) is 0.0157. The molecule has 2 aromatic heterocycles. The second-order valence-corrected chi connectivity index (χ2v) is 7.91. The molecule has 0 aliphatic rings. The summed E-state index contributed by atoms with van der Waals surface area (Å²) in [5, 5.41) is 14.3. The Kier molecular flexibility index (Phi) is 5.02. The largest absolute Gasteiger partial charge is 0.301 e. The molecule has 0 atom stereocenters. The van der Waals surface area contributed by atoms with Crippen molar-refractivity contribution in [2.45, 2.75) is 25.8 Å². The van der Waals surface area contributed by atoms with Gasteiger partial charge in [0.05, 0.1) is 16.8 Å². The fraction of sp³-hybridized carbons (Fsp3) is 0.222. The number of nitrogens with zero attached hydrogens (tertiary/aromatic N) is 3. The molecule has 2 heterocycles. The monoisotopic (exact) mass is 368 g/mol. The first kappa shape index (κ1) is 17.4. The fourth-order valence-electron chi connectivity index (χ4n) is 2.50. The number of thiazole rings is 1. The van der Waals surface area contributed by atoms with Gasteiger partial charge >= 0.3 is 0 Å². The van der Waals surface area contributed by atoms with E-state index in [4.69, 9.17) is 0 Å². The van der Waals surface area contributed by atoms with Crippen molar-refractivity contribution in [1.82, 2.24) is 9.97 Å². The van der Waals surface area contributed by atoms with E-state index in [2.05, 4.69) is 27.4 Å². The molecular weight excluding hydrogens is 352 g/mol. The Bertz CT molecular complexity index is 1000. The van der Waals surface area contributed by atoms with Crippen molar-refractivity contribution >= 4 is 45.0 Å². The summed E-state index contributed by atoms with van der Waals surface area (Å²) in [6.45, 7) is 5.96. The van der Waals surface area contributed by atoms with E-state index in [9.17, 15) is 10.1 Å². The van der Waals surface area contributed by atoms with E-state index >= 15 is 0 Å². The first-order valence-electron chi connectivity index (χ1n) is 7.63. The molecule has 0 spiro atoms. The van der Waals surface area contributed by atoms with Gasteiger partial charge in [0.15, 0.2) is 5.13 Å². The molecule has 126 valence electrons. The number of pyridine rings is 1. The van der Waals surface area contributed by atoms with Gasteiger partial charge in [-0.05, 0) is 44.0 Å². The Balaban J connectivity index is 1.80. The maximum absolute atomic E-state index is 12.1. The minimum absolute atomic E-state index is 0.162. The lowest BCUT2D eigenvalue weighted by atomic mass is 10.1. The maximum Gasteiger partial charge on any atom is 0.236 e. The quantitative estimate of drug-likeness (QED) is 0.698. The number of thioether (sulfide) groups is 1. The number of rotatable bonds is 4. The van der Waals surface area contributed by atoms with Gasteiger partial charge in [-0.2, -0.15) is 5.26 Å². The first-order chi connectivity index (χ1) is 12.0. The van der Waals surface area contributed by atoms with Crippen molar-refractivity contribution in [3.63, 3.8) is 0 Å². The van der Waals surface area contributed by atoms with Gasteiger partial charge in [0.1, 0.15) is 11.1 Å². The lowest BCUT2D eigenvalue weighted by molar-refractivity contribution is -0.113. The van der Waals surface area contributed by atoms with Crippen LogP contribution in [0.1, 0.15) is 21.6 Å². The Morgan fingerprint density at radius 1 is 1.32 bits per heavy atom. The van der Waals surface area contributed by atoms with Crippen LogP contribution in [0.15, 0.2) is 29.4 Å². The molecule has 5 nitrogen and oxygen atoms in total. The van der Waals surface area contributed by atoms with E-state index in [1.54, 1.807) is 6.20 Å². The minimum Gasteiger partial charge on any atom is -0.301 e. The molecule has 0 saturated carbocycles. The molecule has 0 fully saturated rings. The van der Waals surface area contributed by atoms with Crippen molar-refractivity contribution in [2.24, 2.45) is 0 Å². The summed E-state index contributed by atoms with van der Waals surface area (Å²) in [7, 11) is 0. The minimum atomic E-state index is -0.162. The summed E-state index contributed by atoms with van der Waals surface area (Å²) < 4.78 is 0. The predicted molar refractivity (Wildman–Crippen MR) is 102 cm³/mol. The number of anilines is 1. The molecule has 7 heteroatoms. The van der Waals surface area contributed by atoms with Crippen LogP contribution in [0, 0.1) is 32.1 Å². The number of nitrogens with one attached hydrogen (secondary N) is 1. The maximum atomic E-state index is 12.1. The number of hydrogen-bond donors (Lipinski definition) is 1. The highest BCUT2D eigenvalue weighted by molar-refractivity contribution is 8.00. The zero-order valence-electron chi connectivity index (χ0n) is 14.1. The van der Waals surface area contributed by atoms with E-state index in [1.807, 2.05) is 32.9 Å². The molecule has 3 rings (SSSR count). The van der Waals surface area contributed by atoms with Gasteiger partial charge in [0, 0.05) is 16.5 Å². The van der Waals surface area contributed by atoms with Crippen molar-refractivity contribution in [2.75, 3.05) is 11.1 Å². The van der Waals surface area contributed by atoms with Crippen LogP contribution >= 0.6 is 23.1 Å². The van der Waals surface area contributed by atoms with Gasteiger partial charge in [-0.1, -0.05) is 17.8 Å². The van der Waals surface area contributed by atoms with Crippen LogP contribution in [0.5, 0.6) is 0 Å². The molecule has 0 bridgehead atoms. The standard InChI is InChI=1S/C18H16N4OS2/c1-10-4-11(2)14-6-13(7-19)17(21-15(14)5-10)24-9-16(23)22-18-20-8-12(3)25-18/h4-6,8H,9H2,1-3H3,(H,20,22,23). The van der Waals surface area contributed by atoms with Gasteiger partial charge < -0.3 is 5.32 Å². The van der Waals surface area contributed by atoms with Gasteiger partial charge in [-0.3, -0.25) is 4.79 Å². The molecule has 0 saturated heterocycles. The summed E-state index contributed by atoms with van der Waals surface area (Å²) in [5.41, 5.74) is 3.54. The van der Waals surface area contributed by atoms with Gasteiger partial charge in [-0.15, -0.1) is 11.3 Å². The molecule has 1 amide bonds. The number of hydrogen-bond acceptors (Lipinski definition) is 6. The molecule has 3 aromatic rings. The van der Waals surface area contributed by atoms with Crippen LogP contribution in [-0.4, -0.2) is 21.6 Å². The molecule has 0 radical (unpaired) electrons. The number of aryl methyl sites for hydroxylation is 3. The number of amides is 1. The Morgan fingerprint density at radius 3 is 2.80 bits per heavy atom. The number of benzene rings is 1. The van der Waals surface area contributed by atoms with Gasteiger partial charge in [0.2, 0.25) is 5.91 Å². The van der Waals surface area contributed by atoms with Crippen molar-refractivity contribution in [1.29, 1.82) is 5.26 Å². The van der Waals surface area contributed by atoms with E-state index in [1.165, 1.54) is 23.1 Å². The normalized spacial score (nSPS) is 10.6. The second-order valence-electron chi connectivity index (χ2n) is 5.71. The Morgan fingerprint density at radius 2 is 2.12 bits per heavy atom. The number of nitriles is 1. The van der Waals surface area contributed by atoms with Gasteiger partial charge in [0.25, 0.3) is 0 Å². The molecule has 1 N–H and O–H groups in total. The lowest BCUT2D eigenvalue weighted by Crippen LogP contribution is -2.14. The van der Waals surface area contributed by atoms with Crippen molar-refractivity contribution in [3.8, 4) is 6.07 Å². The van der Waals surface area contributed by atoms with Crippen molar-refractivity contribution < 1.29 is 4.79 Å². The third kappa shape index (κ3) is 3.98. The Hall–Kier alpha value is -2.43. The van der Waals surface area contributed by atoms with Crippen molar-refractivity contribution in [3.05, 3.63) is 46.0 Å². The summed E-state index contributed by atoms with van der Waals surface area (Å²) >= 11 is 2.69. The third-order valence-corrected chi connectivity index (χ3v) is 5.40. The Labute approximate surface area is 154 Å². The number of carbonyl (C=O) groups is 1. The molecule has 25 heavy (non-hydrogen) atoms. The van der Waals surface area contributed by atoms with E-state index in [0.29, 0.717) is 15.7 Å². The average Bonchev–Trinajstić information content (AvgIpc) is 2.96. The number of carbonyl (C=O) groups excluding carboxylic acids is 1. The molecule has 0 unspecified atom stereocenters. The van der Waals surface area contributed by atoms with Crippen LogP contribution in [0.3, 0.4) is 0 Å². The predicted octanol–water partition coefficient (Wildman–Crippen LogP) is 4.22. The molecule has 0 aliphatic carbocycles.